The number of amides is 2. The van der Waals surface area contributed by atoms with Crippen LogP contribution in [0.15, 0.2) is 34.5 Å². The zero-order valence-electron chi connectivity index (χ0n) is 15.6. The molecule has 1 fully saturated rings. The van der Waals surface area contributed by atoms with Gasteiger partial charge in [0.05, 0.1) is 5.56 Å². The van der Waals surface area contributed by atoms with Gasteiger partial charge in [0.25, 0.3) is 0 Å². The Hall–Kier alpha value is -2.36. The number of nitrogens with zero attached hydrogens (tertiary/aromatic N) is 2. The summed E-state index contributed by atoms with van der Waals surface area (Å²) in [5.41, 5.74) is -0.0172. The molecule has 1 unspecified atom stereocenters. The fourth-order valence-corrected chi connectivity index (χ4v) is 3.42. The number of hydrogen-bond donors (Lipinski definition) is 2. The zero-order chi connectivity index (χ0) is 20.9. The molecule has 1 saturated heterocycles. The van der Waals surface area contributed by atoms with Gasteiger partial charge in [-0.05, 0) is 37.5 Å². The van der Waals surface area contributed by atoms with Crippen molar-refractivity contribution in [2.45, 2.75) is 45.0 Å². The van der Waals surface area contributed by atoms with Crippen molar-refractivity contribution in [3.63, 3.8) is 0 Å². The van der Waals surface area contributed by atoms with Gasteiger partial charge in [0, 0.05) is 17.8 Å². The van der Waals surface area contributed by atoms with Crippen LogP contribution in [0, 0.1) is 5.92 Å². The summed E-state index contributed by atoms with van der Waals surface area (Å²) in [6, 6.07) is 4.32. The molecule has 0 radical (unpaired) electrons. The van der Waals surface area contributed by atoms with Crippen molar-refractivity contribution >= 4 is 40.1 Å². The van der Waals surface area contributed by atoms with Crippen molar-refractivity contribution in [2.24, 2.45) is 16.1 Å². The number of amidine groups is 1. The molecule has 28 heavy (non-hydrogen) atoms. The third-order valence-corrected chi connectivity index (χ3v) is 4.71. The number of carbonyl (C=O) groups is 2. The molecule has 1 heterocycles. The second-order valence-electron chi connectivity index (χ2n) is 6.77. The first kappa shape index (κ1) is 21.9. The first-order chi connectivity index (χ1) is 13.0. The fourth-order valence-electron chi connectivity index (χ4n) is 2.50. The summed E-state index contributed by atoms with van der Waals surface area (Å²) >= 11 is 1.07. The average molecular weight is 414 g/mol. The fraction of sp³-hybridized carbons (Fsp3) is 0.444. The minimum Gasteiger partial charge on any atom is -0.326 e. The number of benzene rings is 1. The molecule has 2 N–H and O–H groups in total. The molecule has 1 aromatic rings. The van der Waals surface area contributed by atoms with Gasteiger partial charge in [0.15, 0.2) is 5.17 Å². The van der Waals surface area contributed by atoms with Gasteiger partial charge >= 0.3 is 6.18 Å². The maximum Gasteiger partial charge on any atom is 0.416 e. The Morgan fingerprint density at radius 1 is 1.36 bits per heavy atom. The molecular weight excluding hydrogens is 393 g/mol. The van der Waals surface area contributed by atoms with E-state index < -0.39 is 22.9 Å². The third-order valence-electron chi connectivity index (χ3n) is 3.64. The van der Waals surface area contributed by atoms with Gasteiger partial charge in [0.1, 0.15) is 5.25 Å². The Bertz CT molecular complexity index is 806. The Labute approximate surface area is 165 Å². The van der Waals surface area contributed by atoms with Gasteiger partial charge in [-0.15, -0.1) is 5.10 Å². The lowest BCUT2D eigenvalue weighted by atomic mass is 10.1. The summed E-state index contributed by atoms with van der Waals surface area (Å²) in [5.74, 6) is -0.519. The van der Waals surface area contributed by atoms with Crippen LogP contribution in [0.3, 0.4) is 0 Å². The highest BCUT2D eigenvalue weighted by Gasteiger charge is 2.33. The minimum absolute atomic E-state index is 0.0195. The number of nitrogens with one attached hydrogen (secondary N) is 2. The molecule has 2 amide bonds. The third kappa shape index (κ3) is 6.66. The Balaban J connectivity index is 1.95. The van der Waals surface area contributed by atoms with Crippen molar-refractivity contribution in [3.05, 3.63) is 29.8 Å². The van der Waals surface area contributed by atoms with Crippen LogP contribution in [0.2, 0.25) is 0 Å². The Morgan fingerprint density at radius 2 is 2.07 bits per heavy atom. The smallest absolute Gasteiger partial charge is 0.326 e. The molecule has 1 atom stereocenters. The van der Waals surface area contributed by atoms with Crippen molar-refractivity contribution < 1.29 is 22.8 Å². The summed E-state index contributed by atoms with van der Waals surface area (Å²) in [5, 5.41) is 12.6. The predicted octanol–water partition coefficient (Wildman–Crippen LogP) is 4.04. The van der Waals surface area contributed by atoms with Gasteiger partial charge < -0.3 is 10.6 Å². The van der Waals surface area contributed by atoms with E-state index in [-0.39, 0.29) is 18.0 Å². The number of alkyl halides is 3. The standard InChI is InChI=1S/C18H21F3N4O2S/c1-10(2)7-11(3)24-25-17-23-16(27)14(28-17)9-15(26)22-13-6-4-5-12(8-13)18(19,20)21/h4-6,8,10,14H,7,9H2,1-3H3,(H,22,26)(H,23,25,27)/b24-11+. The molecule has 0 aliphatic carbocycles. The van der Waals surface area contributed by atoms with Gasteiger partial charge in [-0.25, -0.2) is 0 Å². The summed E-state index contributed by atoms with van der Waals surface area (Å²) < 4.78 is 38.2. The Morgan fingerprint density at radius 3 is 2.71 bits per heavy atom. The number of hydrogen-bond acceptors (Lipinski definition) is 5. The van der Waals surface area contributed by atoms with Crippen LogP contribution in [0.4, 0.5) is 18.9 Å². The molecule has 10 heteroatoms. The molecule has 1 aliphatic heterocycles. The van der Waals surface area contributed by atoms with Gasteiger partial charge in [-0.1, -0.05) is 31.7 Å². The largest absolute Gasteiger partial charge is 0.416 e. The lowest BCUT2D eigenvalue weighted by Crippen LogP contribution is -2.28. The maximum absolute atomic E-state index is 12.7. The summed E-state index contributed by atoms with van der Waals surface area (Å²) in [6.45, 7) is 5.94. The maximum atomic E-state index is 12.7. The topological polar surface area (TPSA) is 82.9 Å². The molecule has 0 bridgehead atoms. The van der Waals surface area contributed by atoms with E-state index >= 15 is 0 Å². The lowest BCUT2D eigenvalue weighted by Gasteiger charge is -2.10. The molecule has 0 saturated carbocycles. The van der Waals surface area contributed by atoms with Crippen LogP contribution in [-0.4, -0.2) is 27.9 Å². The molecule has 0 spiro atoms. The minimum atomic E-state index is -4.50. The van der Waals surface area contributed by atoms with Gasteiger partial charge in [-0.3, -0.25) is 9.59 Å². The number of anilines is 1. The summed E-state index contributed by atoms with van der Waals surface area (Å²) in [6.07, 6.45) is -3.92. The highest BCUT2D eigenvalue weighted by Crippen LogP contribution is 2.31. The normalized spacial score (nSPS) is 19.2. The van der Waals surface area contributed by atoms with Crippen LogP contribution in [0.5, 0.6) is 0 Å². The first-order valence-electron chi connectivity index (χ1n) is 8.60. The number of halogens is 3. The van der Waals surface area contributed by atoms with Crippen LogP contribution in [0.25, 0.3) is 0 Å². The van der Waals surface area contributed by atoms with Crippen LogP contribution in [-0.2, 0) is 15.8 Å². The van der Waals surface area contributed by atoms with Crippen molar-refractivity contribution in [1.82, 2.24) is 5.32 Å². The second kappa shape index (κ2) is 9.22. The molecular formula is C18H21F3N4O2S. The van der Waals surface area contributed by atoms with E-state index in [2.05, 4.69) is 34.7 Å². The Kier molecular flexibility index (Phi) is 7.22. The average Bonchev–Trinajstić information content (AvgIpc) is 2.91. The van der Waals surface area contributed by atoms with Crippen molar-refractivity contribution in [1.29, 1.82) is 0 Å². The molecule has 2 rings (SSSR count). The van der Waals surface area contributed by atoms with E-state index in [0.717, 1.165) is 36.0 Å². The predicted molar refractivity (Wildman–Crippen MR) is 104 cm³/mol. The van der Waals surface area contributed by atoms with E-state index in [1.165, 1.54) is 12.1 Å². The quantitative estimate of drug-likeness (QED) is 0.544. The molecule has 0 aromatic heterocycles. The molecule has 1 aliphatic rings. The van der Waals surface area contributed by atoms with Crippen LogP contribution < -0.4 is 10.6 Å². The van der Waals surface area contributed by atoms with Crippen LogP contribution in [0.1, 0.15) is 39.2 Å². The summed E-state index contributed by atoms with van der Waals surface area (Å²) in [7, 11) is 0. The first-order valence-corrected chi connectivity index (χ1v) is 9.48. The van der Waals surface area contributed by atoms with Crippen molar-refractivity contribution in [3.8, 4) is 0 Å². The summed E-state index contributed by atoms with van der Waals surface area (Å²) in [4.78, 5) is 24.1. The number of carbonyl (C=O) groups excluding carboxylic acids is 2. The molecule has 1 aromatic carbocycles. The van der Waals surface area contributed by atoms with Crippen LogP contribution >= 0.6 is 11.8 Å². The van der Waals surface area contributed by atoms with E-state index in [0.29, 0.717) is 11.1 Å². The van der Waals surface area contributed by atoms with Gasteiger partial charge in [-0.2, -0.15) is 18.3 Å². The lowest BCUT2D eigenvalue weighted by molar-refractivity contribution is -0.137. The zero-order valence-corrected chi connectivity index (χ0v) is 16.4. The highest BCUT2D eigenvalue weighted by atomic mass is 32.2. The van der Waals surface area contributed by atoms with E-state index in [4.69, 9.17) is 0 Å². The van der Waals surface area contributed by atoms with E-state index in [1.807, 2.05) is 6.92 Å². The van der Waals surface area contributed by atoms with Crippen molar-refractivity contribution in [2.75, 3.05) is 5.32 Å². The van der Waals surface area contributed by atoms with E-state index in [9.17, 15) is 22.8 Å². The monoisotopic (exact) mass is 414 g/mol. The SMILES string of the molecule is C/C(CC(C)C)=N\N=C1\NC(=O)C(CC(=O)Nc2cccc(C(F)(F)F)c2)S1. The van der Waals surface area contributed by atoms with E-state index in [1.54, 1.807) is 0 Å². The second-order valence-corrected chi connectivity index (χ2v) is 7.96. The number of thioether (sulfide) groups is 1. The molecule has 152 valence electrons. The molecule has 6 nitrogen and oxygen atoms in total. The number of rotatable bonds is 6. The van der Waals surface area contributed by atoms with Gasteiger partial charge in [0.2, 0.25) is 11.8 Å². The highest BCUT2D eigenvalue weighted by molar-refractivity contribution is 8.15.